The number of amidine groups is 1. The lowest BCUT2D eigenvalue weighted by atomic mass is 10.1. The molecule has 2 heterocycles. The highest BCUT2D eigenvalue weighted by atomic mass is 32.2. The summed E-state index contributed by atoms with van der Waals surface area (Å²) in [6.07, 6.45) is 3.03. The molecule has 0 aromatic carbocycles. The van der Waals surface area contributed by atoms with E-state index in [-0.39, 0.29) is 0 Å². The maximum atomic E-state index is 4.59. The maximum absolute atomic E-state index is 4.59. The molecule has 1 aliphatic heterocycles. The summed E-state index contributed by atoms with van der Waals surface area (Å²) in [6, 6.07) is 0.571. The molecule has 0 amide bonds. The number of thiazole rings is 1. The van der Waals surface area contributed by atoms with Gasteiger partial charge in [0, 0.05) is 22.9 Å². The van der Waals surface area contributed by atoms with Crippen LogP contribution in [0.4, 0.5) is 0 Å². The standard InChI is InChI=1S/C12H19N3S2/c1-4-9-5-13-11(17-9)6-14-12-15-10(7-16-12)8(2)3/h5,8,10H,4,6-7H2,1-3H3,(H,14,15). The van der Waals surface area contributed by atoms with E-state index in [2.05, 4.69) is 36.1 Å². The van der Waals surface area contributed by atoms with Crippen molar-refractivity contribution in [2.24, 2.45) is 10.9 Å². The van der Waals surface area contributed by atoms with Gasteiger partial charge in [-0.2, -0.15) is 0 Å². The Balaban J connectivity index is 1.89. The monoisotopic (exact) mass is 269 g/mol. The Kier molecular flexibility index (Phi) is 4.45. The van der Waals surface area contributed by atoms with Crippen molar-refractivity contribution in [1.29, 1.82) is 0 Å². The highest BCUT2D eigenvalue weighted by molar-refractivity contribution is 8.14. The molecule has 1 unspecified atom stereocenters. The van der Waals surface area contributed by atoms with Crippen LogP contribution in [0.5, 0.6) is 0 Å². The van der Waals surface area contributed by atoms with E-state index in [0.29, 0.717) is 18.5 Å². The third-order valence-corrected chi connectivity index (χ3v) is 4.99. The summed E-state index contributed by atoms with van der Waals surface area (Å²) in [5.74, 6) is 1.80. The summed E-state index contributed by atoms with van der Waals surface area (Å²) in [7, 11) is 0. The van der Waals surface area contributed by atoms with E-state index in [0.717, 1.165) is 22.3 Å². The molecule has 94 valence electrons. The van der Waals surface area contributed by atoms with Crippen molar-refractivity contribution in [3.05, 3.63) is 16.1 Å². The molecule has 1 aromatic heterocycles. The minimum atomic E-state index is 0.571. The molecule has 0 bridgehead atoms. The van der Waals surface area contributed by atoms with Crippen molar-refractivity contribution in [2.75, 3.05) is 5.75 Å². The van der Waals surface area contributed by atoms with Crippen LogP contribution < -0.4 is 5.32 Å². The molecule has 1 aromatic rings. The topological polar surface area (TPSA) is 37.3 Å². The average molecular weight is 269 g/mol. The minimum absolute atomic E-state index is 0.571. The third kappa shape index (κ3) is 3.45. The van der Waals surface area contributed by atoms with Crippen molar-refractivity contribution < 1.29 is 0 Å². The summed E-state index contributed by atoms with van der Waals surface area (Å²) in [6.45, 7) is 7.36. The van der Waals surface area contributed by atoms with E-state index >= 15 is 0 Å². The zero-order valence-corrected chi connectivity index (χ0v) is 12.2. The summed E-state index contributed by atoms with van der Waals surface area (Å²) in [5.41, 5.74) is 0. The average Bonchev–Trinajstić information content (AvgIpc) is 2.95. The predicted octanol–water partition coefficient (Wildman–Crippen LogP) is 2.92. The van der Waals surface area contributed by atoms with E-state index in [1.54, 1.807) is 11.3 Å². The first-order chi connectivity index (χ1) is 8.19. The lowest BCUT2D eigenvalue weighted by molar-refractivity contribution is 0.503. The Morgan fingerprint density at radius 3 is 3.00 bits per heavy atom. The van der Waals surface area contributed by atoms with E-state index in [4.69, 9.17) is 0 Å². The van der Waals surface area contributed by atoms with Crippen molar-refractivity contribution in [1.82, 2.24) is 10.3 Å². The quantitative estimate of drug-likeness (QED) is 0.913. The second kappa shape index (κ2) is 5.87. The summed E-state index contributed by atoms with van der Waals surface area (Å²) in [5, 5.41) is 5.67. The Labute approximate surface area is 111 Å². The number of aryl methyl sites for hydroxylation is 1. The highest BCUT2D eigenvalue weighted by Crippen LogP contribution is 2.20. The van der Waals surface area contributed by atoms with Gasteiger partial charge in [0.2, 0.25) is 0 Å². The van der Waals surface area contributed by atoms with E-state index in [1.807, 2.05) is 18.0 Å². The molecule has 2 rings (SSSR count). The van der Waals surface area contributed by atoms with Crippen LogP contribution in [-0.2, 0) is 13.0 Å². The number of aromatic nitrogens is 1. The van der Waals surface area contributed by atoms with Crippen molar-refractivity contribution in [2.45, 2.75) is 39.8 Å². The van der Waals surface area contributed by atoms with Crippen LogP contribution in [0.1, 0.15) is 30.7 Å². The Morgan fingerprint density at radius 1 is 1.59 bits per heavy atom. The number of nitrogens with zero attached hydrogens (tertiary/aromatic N) is 2. The zero-order chi connectivity index (χ0) is 12.3. The molecular weight excluding hydrogens is 250 g/mol. The SMILES string of the molecule is CCc1cnc(CN=C2NC(C(C)C)CS2)s1. The number of nitrogens with one attached hydrogen (secondary N) is 1. The van der Waals surface area contributed by atoms with Gasteiger partial charge in [0.25, 0.3) is 0 Å². The van der Waals surface area contributed by atoms with Crippen LogP contribution in [0.15, 0.2) is 11.2 Å². The van der Waals surface area contributed by atoms with Gasteiger partial charge in [-0.05, 0) is 12.3 Å². The molecule has 1 atom stereocenters. The molecule has 1 N–H and O–H groups in total. The van der Waals surface area contributed by atoms with Gasteiger partial charge in [-0.1, -0.05) is 32.5 Å². The van der Waals surface area contributed by atoms with Gasteiger partial charge >= 0.3 is 0 Å². The van der Waals surface area contributed by atoms with Crippen LogP contribution in [-0.4, -0.2) is 21.9 Å². The lowest BCUT2D eigenvalue weighted by Gasteiger charge is -2.12. The van der Waals surface area contributed by atoms with Gasteiger partial charge in [0.1, 0.15) is 5.01 Å². The van der Waals surface area contributed by atoms with Gasteiger partial charge in [-0.3, -0.25) is 4.99 Å². The number of rotatable bonds is 4. The van der Waals surface area contributed by atoms with Crippen LogP contribution >= 0.6 is 23.1 Å². The van der Waals surface area contributed by atoms with Gasteiger partial charge in [0.05, 0.1) is 6.54 Å². The van der Waals surface area contributed by atoms with E-state index in [1.165, 1.54) is 4.88 Å². The summed E-state index contributed by atoms with van der Waals surface area (Å²) >= 11 is 3.59. The van der Waals surface area contributed by atoms with Crippen LogP contribution in [0, 0.1) is 5.92 Å². The summed E-state index contributed by atoms with van der Waals surface area (Å²) in [4.78, 5) is 10.3. The number of hydrogen-bond donors (Lipinski definition) is 1. The summed E-state index contributed by atoms with van der Waals surface area (Å²) < 4.78 is 0. The lowest BCUT2D eigenvalue weighted by Crippen LogP contribution is -2.31. The predicted molar refractivity (Wildman–Crippen MR) is 76.9 cm³/mol. The number of hydrogen-bond acceptors (Lipinski definition) is 4. The Morgan fingerprint density at radius 2 is 2.41 bits per heavy atom. The molecule has 1 aliphatic rings. The Hall–Kier alpha value is -0.550. The van der Waals surface area contributed by atoms with Crippen molar-refractivity contribution >= 4 is 28.3 Å². The fourth-order valence-electron chi connectivity index (χ4n) is 1.59. The third-order valence-electron chi connectivity index (χ3n) is 2.82. The molecule has 3 nitrogen and oxygen atoms in total. The van der Waals surface area contributed by atoms with Gasteiger partial charge in [0.15, 0.2) is 5.17 Å². The first kappa shape index (κ1) is 12.9. The number of aliphatic imine (C=N–C) groups is 1. The van der Waals surface area contributed by atoms with Crippen LogP contribution in [0.2, 0.25) is 0 Å². The van der Waals surface area contributed by atoms with Crippen molar-refractivity contribution in [3.8, 4) is 0 Å². The first-order valence-electron chi connectivity index (χ1n) is 6.06. The van der Waals surface area contributed by atoms with Crippen LogP contribution in [0.25, 0.3) is 0 Å². The minimum Gasteiger partial charge on any atom is -0.361 e. The molecule has 1 fully saturated rings. The van der Waals surface area contributed by atoms with Gasteiger partial charge in [-0.25, -0.2) is 4.98 Å². The van der Waals surface area contributed by atoms with Gasteiger partial charge in [-0.15, -0.1) is 11.3 Å². The van der Waals surface area contributed by atoms with E-state index in [9.17, 15) is 0 Å². The van der Waals surface area contributed by atoms with Gasteiger partial charge < -0.3 is 5.32 Å². The van der Waals surface area contributed by atoms with Crippen LogP contribution in [0.3, 0.4) is 0 Å². The molecule has 1 saturated heterocycles. The fourth-order valence-corrected chi connectivity index (χ4v) is 3.57. The molecule has 0 aliphatic carbocycles. The smallest absolute Gasteiger partial charge is 0.157 e. The second-order valence-electron chi connectivity index (χ2n) is 4.50. The molecule has 0 saturated carbocycles. The van der Waals surface area contributed by atoms with Crippen molar-refractivity contribution in [3.63, 3.8) is 0 Å². The normalized spacial score (nSPS) is 22.4. The molecule has 0 spiro atoms. The molecular formula is C12H19N3S2. The largest absolute Gasteiger partial charge is 0.361 e. The molecule has 5 heteroatoms. The highest BCUT2D eigenvalue weighted by Gasteiger charge is 2.22. The molecule has 0 radical (unpaired) electrons. The fraction of sp³-hybridized carbons (Fsp3) is 0.667. The number of thioether (sulfide) groups is 1. The zero-order valence-electron chi connectivity index (χ0n) is 10.6. The second-order valence-corrected chi connectivity index (χ2v) is 6.71. The van der Waals surface area contributed by atoms with E-state index < -0.39 is 0 Å². The first-order valence-corrected chi connectivity index (χ1v) is 7.86. The maximum Gasteiger partial charge on any atom is 0.157 e. The molecule has 17 heavy (non-hydrogen) atoms. The Bertz CT molecular complexity index is 398.